The number of allylic oxidation sites excluding steroid dienone is 1. The predicted molar refractivity (Wildman–Crippen MR) is 39.7 cm³/mol. The summed E-state index contributed by atoms with van der Waals surface area (Å²) in [4.78, 5) is 12.1. The van der Waals surface area contributed by atoms with Crippen molar-refractivity contribution in [1.29, 1.82) is 0 Å². The molecule has 0 aromatic carbocycles. The van der Waals surface area contributed by atoms with E-state index in [0.29, 0.717) is 5.70 Å². The van der Waals surface area contributed by atoms with E-state index in [-0.39, 0.29) is 0 Å². The van der Waals surface area contributed by atoms with Gasteiger partial charge in [-0.25, -0.2) is 4.79 Å². The van der Waals surface area contributed by atoms with E-state index in [2.05, 4.69) is 0 Å². The minimum Gasteiger partial charge on any atom is -0.477 e. The fraction of sp³-hybridized carbons (Fsp3) is 0.571. The Morgan fingerprint density at radius 2 is 1.70 bits per heavy atom. The molecule has 0 saturated heterocycles. The molecule has 0 aromatic rings. The van der Waals surface area contributed by atoms with Gasteiger partial charge < -0.3 is 10.0 Å². The number of carboxylic acids is 1. The average molecular weight is 143 g/mol. The maximum absolute atomic E-state index is 10.5. The Morgan fingerprint density at radius 3 is 1.70 bits per heavy atom. The summed E-state index contributed by atoms with van der Waals surface area (Å²) in [7, 11) is 3.44. The lowest BCUT2D eigenvalue weighted by Crippen LogP contribution is -2.19. The van der Waals surface area contributed by atoms with Crippen LogP contribution >= 0.6 is 0 Å². The van der Waals surface area contributed by atoms with Crippen LogP contribution in [0.5, 0.6) is 0 Å². The van der Waals surface area contributed by atoms with Crippen molar-refractivity contribution in [2.75, 3.05) is 14.1 Å². The number of aliphatic carboxylic acids is 1. The van der Waals surface area contributed by atoms with Crippen LogP contribution in [-0.4, -0.2) is 30.1 Å². The Morgan fingerprint density at radius 1 is 1.30 bits per heavy atom. The number of likely N-dealkylation sites (N-methyl/N-ethyl adjacent to an activating group) is 1. The zero-order chi connectivity index (χ0) is 8.31. The molecule has 0 aliphatic heterocycles. The molecule has 10 heavy (non-hydrogen) atoms. The van der Waals surface area contributed by atoms with Crippen LogP contribution in [0.15, 0.2) is 11.3 Å². The summed E-state index contributed by atoms with van der Waals surface area (Å²) in [6.45, 7) is 3.56. The summed E-state index contributed by atoms with van der Waals surface area (Å²) < 4.78 is 0. The highest BCUT2D eigenvalue weighted by molar-refractivity contribution is 5.86. The second-order valence-electron chi connectivity index (χ2n) is 2.55. The lowest BCUT2D eigenvalue weighted by Gasteiger charge is -2.14. The van der Waals surface area contributed by atoms with Crippen LogP contribution in [0.1, 0.15) is 13.8 Å². The van der Waals surface area contributed by atoms with Gasteiger partial charge in [0.25, 0.3) is 0 Å². The quantitative estimate of drug-likeness (QED) is 0.584. The molecule has 0 bridgehead atoms. The summed E-state index contributed by atoms with van der Waals surface area (Å²) in [5.74, 6) is -0.870. The normalized spacial score (nSPS) is 8.80. The van der Waals surface area contributed by atoms with Crippen molar-refractivity contribution in [2.45, 2.75) is 13.8 Å². The number of hydrogen-bond acceptors (Lipinski definition) is 2. The summed E-state index contributed by atoms with van der Waals surface area (Å²) >= 11 is 0. The molecule has 0 aromatic heterocycles. The van der Waals surface area contributed by atoms with Crippen molar-refractivity contribution < 1.29 is 9.90 Å². The van der Waals surface area contributed by atoms with Gasteiger partial charge in [-0.3, -0.25) is 0 Å². The summed E-state index contributed by atoms with van der Waals surface area (Å²) in [5, 5.41) is 8.61. The fourth-order valence-corrected chi connectivity index (χ4v) is 0.852. The van der Waals surface area contributed by atoms with Gasteiger partial charge in [0.2, 0.25) is 0 Å². The first-order chi connectivity index (χ1) is 4.46. The first-order valence-corrected chi connectivity index (χ1v) is 3.05. The molecule has 0 rings (SSSR count). The van der Waals surface area contributed by atoms with Gasteiger partial charge in [-0.1, -0.05) is 0 Å². The number of rotatable bonds is 2. The molecule has 0 fully saturated rings. The van der Waals surface area contributed by atoms with Crippen molar-refractivity contribution in [3.05, 3.63) is 11.3 Å². The van der Waals surface area contributed by atoms with Crippen LogP contribution in [-0.2, 0) is 4.79 Å². The Balaban J connectivity index is 4.61. The van der Waals surface area contributed by atoms with E-state index in [0.717, 1.165) is 5.57 Å². The van der Waals surface area contributed by atoms with E-state index in [4.69, 9.17) is 5.11 Å². The van der Waals surface area contributed by atoms with E-state index >= 15 is 0 Å². The second kappa shape index (κ2) is 3.25. The molecule has 0 aliphatic rings. The molecule has 0 spiro atoms. The van der Waals surface area contributed by atoms with Gasteiger partial charge in [0, 0.05) is 14.1 Å². The molecule has 3 nitrogen and oxygen atoms in total. The van der Waals surface area contributed by atoms with Gasteiger partial charge in [-0.2, -0.15) is 0 Å². The minimum atomic E-state index is -0.870. The average Bonchev–Trinajstić information content (AvgIpc) is 1.59. The van der Waals surface area contributed by atoms with Crippen molar-refractivity contribution in [2.24, 2.45) is 0 Å². The van der Waals surface area contributed by atoms with Crippen molar-refractivity contribution in [3.63, 3.8) is 0 Å². The summed E-state index contributed by atoms with van der Waals surface area (Å²) in [6, 6.07) is 0. The first kappa shape index (κ1) is 9.01. The number of carboxylic acid groups (broad SMARTS) is 1. The Hall–Kier alpha value is -0.990. The largest absolute Gasteiger partial charge is 0.477 e. The fourth-order valence-electron chi connectivity index (χ4n) is 0.852. The zero-order valence-corrected chi connectivity index (χ0v) is 6.80. The Labute approximate surface area is 61.0 Å². The van der Waals surface area contributed by atoms with Crippen LogP contribution in [0, 0.1) is 0 Å². The lowest BCUT2D eigenvalue weighted by atomic mass is 10.2. The van der Waals surface area contributed by atoms with Crippen LogP contribution in [0.2, 0.25) is 0 Å². The molecule has 0 heterocycles. The molecular formula is C7H13NO2. The van der Waals surface area contributed by atoms with Gasteiger partial charge in [0.1, 0.15) is 5.70 Å². The van der Waals surface area contributed by atoms with Crippen LogP contribution in [0.3, 0.4) is 0 Å². The monoisotopic (exact) mass is 143 g/mol. The van der Waals surface area contributed by atoms with Gasteiger partial charge in [-0.15, -0.1) is 0 Å². The van der Waals surface area contributed by atoms with Gasteiger partial charge in [-0.05, 0) is 19.4 Å². The van der Waals surface area contributed by atoms with E-state index in [1.54, 1.807) is 32.8 Å². The first-order valence-electron chi connectivity index (χ1n) is 3.05. The number of carbonyl (C=O) groups is 1. The molecule has 0 unspecified atom stereocenters. The van der Waals surface area contributed by atoms with E-state index in [1.165, 1.54) is 0 Å². The SMILES string of the molecule is CC(C)=C(C(=O)O)N(C)C. The molecule has 0 atom stereocenters. The van der Waals surface area contributed by atoms with E-state index < -0.39 is 5.97 Å². The maximum Gasteiger partial charge on any atom is 0.352 e. The third kappa shape index (κ3) is 2.09. The highest BCUT2D eigenvalue weighted by Crippen LogP contribution is 2.05. The zero-order valence-electron chi connectivity index (χ0n) is 6.80. The summed E-state index contributed by atoms with van der Waals surface area (Å²) in [5.41, 5.74) is 1.18. The smallest absolute Gasteiger partial charge is 0.352 e. The van der Waals surface area contributed by atoms with E-state index in [9.17, 15) is 4.79 Å². The topological polar surface area (TPSA) is 40.5 Å². The van der Waals surface area contributed by atoms with Gasteiger partial charge >= 0.3 is 5.97 Å². The van der Waals surface area contributed by atoms with Crippen LogP contribution in [0.4, 0.5) is 0 Å². The predicted octanol–water partition coefficient (Wildman–Crippen LogP) is 0.927. The standard InChI is InChI=1S/C7H13NO2/c1-5(2)6(7(9)10)8(3)4/h1-4H3,(H,9,10). The number of hydrogen-bond donors (Lipinski definition) is 1. The minimum absolute atomic E-state index is 0.361. The van der Waals surface area contributed by atoms with Crippen LogP contribution < -0.4 is 0 Å². The lowest BCUT2D eigenvalue weighted by molar-refractivity contribution is -0.134. The van der Waals surface area contributed by atoms with Crippen molar-refractivity contribution in [3.8, 4) is 0 Å². The third-order valence-corrected chi connectivity index (χ3v) is 1.12. The molecule has 0 amide bonds. The molecule has 0 radical (unpaired) electrons. The molecular weight excluding hydrogens is 130 g/mol. The third-order valence-electron chi connectivity index (χ3n) is 1.12. The Kier molecular flexibility index (Phi) is 2.93. The van der Waals surface area contributed by atoms with Crippen molar-refractivity contribution in [1.82, 2.24) is 4.90 Å². The Bertz CT molecular complexity index is 166. The second-order valence-corrected chi connectivity index (χ2v) is 2.55. The molecule has 0 aliphatic carbocycles. The maximum atomic E-state index is 10.5. The van der Waals surface area contributed by atoms with Gasteiger partial charge in [0.15, 0.2) is 0 Å². The molecule has 58 valence electrons. The molecule has 3 heteroatoms. The van der Waals surface area contributed by atoms with Crippen molar-refractivity contribution >= 4 is 5.97 Å². The van der Waals surface area contributed by atoms with Gasteiger partial charge in [0.05, 0.1) is 0 Å². The highest BCUT2D eigenvalue weighted by atomic mass is 16.4. The summed E-state index contributed by atoms with van der Waals surface area (Å²) in [6.07, 6.45) is 0. The number of nitrogens with zero attached hydrogens (tertiary/aromatic N) is 1. The molecule has 0 saturated carbocycles. The van der Waals surface area contributed by atoms with E-state index in [1.807, 2.05) is 0 Å². The molecule has 1 N–H and O–H groups in total. The van der Waals surface area contributed by atoms with Crippen LogP contribution in [0.25, 0.3) is 0 Å². The highest BCUT2D eigenvalue weighted by Gasteiger charge is 2.09.